The number of nitrogens with one attached hydrogen (secondary N) is 4. The van der Waals surface area contributed by atoms with Crippen molar-refractivity contribution in [2.75, 3.05) is 62.1 Å². The summed E-state index contributed by atoms with van der Waals surface area (Å²) in [6, 6.07) is -0.638. The van der Waals surface area contributed by atoms with Gasteiger partial charge in [0, 0.05) is 66.3 Å². The van der Waals surface area contributed by atoms with E-state index in [1.165, 1.54) is 45.0 Å². The first-order chi connectivity index (χ1) is 41.5. The molecule has 2 heterocycles. The van der Waals surface area contributed by atoms with E-state index in [0.29, 0.717) is 32.1 Å². The zero-order chi connectivity index (χ0) is 66.3. The van der Waals surface area contributed by atoms with Gasteiger partial charge in [0.25, 0.3) is 5.91 Å². The van der Waals surface area contributed by atoms with Gasteiger partial charge in [-0.2, -0.15) is 0 Å². The second kappa shape index (κ2) is 36.0. The van der Waals surface area contributed by atoms with Crippen LogP contribution in [-0.2, 0) is 87.7 Å². The molecule has 0 aliphatic carbocycles. The molecule has 4 N–H and O–H groups in total. The maximum absolute atomic E-state index is 14.9. The summed E-state index contributed by atoms with van der Waals surface area (Å²) in [6.45, 7) is 14.7. The van der Waals surface area contributed by atoms with E-state index in [1.54, 1.807) is 78.8 Å². The van der Waals surface area contributed by atoms with Crippen LogP contribution in [0.3, 0.4) is 0 Å². The molecule has 0 saturated carbocycles. The number of rotatable bonds is 32. The van der Waals surface area contributed by atoms with Gasteiger partial charge >= 0.3 is 23.9 Å². The Hall–Kier alpha value is -7.67. The molecular formula is C62H97N9O17. The highest BCUT2D eigenvalue weighted by molar-refractivity contribution is 5.99. The van der Waals surface area contributed by atoms with Crippen molar-refractivity contribution in [2.24, 2.45) is 23.7 Å². The van der Waals surface area contributed by atoms with Gasteiger partial charge in [0.05, 0.1) is 27.9 Å². The van der Waals surface area contributed by atoms with Crippen LogP contribution >= 0.6 is 0 Å². The number of esters is 4. The zero-order valence-corrected chi connectivity index (χ0v) is 54.2. The predicted molar refractivity (Wildman–Crippen MR) is 321 cm³/mol. The van der Waals surface area contributed by atoms with Gasteiger partial charge in [-0.15, -0.1) is 0 Å². The van der Waals surface area contributed by atoms with E-state index in [4.69, 9.17) is 18.9 Å². The van der Waals surface area contributed by atoms with Gasteiger partial charge in [-0.3, -0.25) is 57.5 Å². The Morgan fingerprint density at radius 1 is 0.591 bits per heavy atom. The third kappa shape index (κ3) is 20.7. The molecule has 2 unspecified atom stereocenters. The van der Waals surface area contributed by atoms with Crippen LogP contribution in [0, 0.1) is 23.7 Å². The number of carbonyl (C=O) groups is 13. The van der Waals surface area contributed by atoms with Crippen LogP contribution in [0.2, 0.25) is 0 Å². The first-order valence-electron chi connectivity index (χ1n) is 30.5. The molecule has 0 bridgehead atoms. The molecule has 26 nitrogen and oxygen atoms in total. The number of hydrogen-bond acceptors (Lipinski definition) is 17. The van der Waals surface area contributed by atoms with Crippen LogP contribution in [0.1, 0.15) is 139 Å². The quantitative estimate of drug-likeness (QED) is 0.0593. The van der Waals surface area contributed by atoms with Gasteiger partial charge in [-0.05, 0) is 74.7 Å². The van der Waals surface area contributed by atoms with Crippen LogP contribution in [0.15, 0.2) is 30.3 Å². The van der Waals surface area contributed by atoms with Crippen LogP contribution < -0.4 is 21.3 Å². The molecule has 2 aliphatic heterocycles. The number of likely N-dealkylation sites (N-methyl/N-ethyl adjacent to an activating group) is 3. The van der Waals surface area contributed by atoms with Crippen LogP contribution in [0.5, 0.6) is 0 Å². The standard InChI is InChI=1S/C62H97N9O17/c1-16-38(7)51(60(82)71-32-22-21-26-45(71)56(78)65-50(36(3)4)59(81)68(11)46(62(84)87-15)29-31-49(75)86-14)66-55(77)43(28-30-48(74)85-13)67(10)61(83)52(37(5)6)69(12)47(73)35-63-54(76)44-27-23-33-70(44)58(80)42(34-41-24-19-18-20-25-41)64-57(79)53(39(8)17-2)88-40(9)72/h18-20,24-25,36-39,42-46,50-53H,16-17,21-23,26-35H2,1-15H3,(H,63,76)(H,64,79)(H,65,78)(H,66,77)/t38?,39?,42-,43-,44-,45-,46-,50-,51-,52-,53-/m0/s1. The van der Waals surface area contributed by atoms with Gasteiger partial charge in [-0.25, -0.2) is 4.79 Å². The maximum Gasteiger partial charge on any atom is 0.328 e. The van der Waals surface area contributed by atoms with Crippen molar-refractivity contribution in [2.45, 2.75) is 194 Å². The van der Waals surface area contributed by atoms with Gasteiger partial charge < -0.3 is 64.7 Å². The summed E-state index contributed by atoms with van der Waals surface area (Å²) in [5, 5.41) is 11.1. The molecule has 26 heteroatoms. The minimum atomic E-state index is -1.42. The Labute approximate surface area is 517 Å². The van der Waals surface area contributed by atoms with Crippen molar-refractivity contribution < 1.29 is 81.3 Å². The molecule has 0 spiro atoms. The SMILES string of the molecule is CCC(C)[C@H](NC(=O)[C@H](CCC(=O)OC)N(C)C(=O)[C@H](C(C)C)N(C)C(=O)CNC(=O)[C@@H]1CCCN1C(=O)[C@H](Cc1ccccc1)NC(=O)[C@@H](OC(C)=O)C(C)CC)C(=O)N1CCCC[C@H]1C(=O)N[C@H](C(=O)N(C)[C@@H](CCC(=O)OC)C(=O)OC)C(C)C. The van der Waals surface area contributed by atoms with E-state index in [0.717, 1.165) is 34.5 Å². The number of hydrogen-bond donors (Lipinski definition) is 4. The molecule has 2 saturated heterocycles. The van der Waals surface area contributed by atoms with Gasteiger partial charge in [0.2, 0.25) is 47.3 Å². The molecule has 1 aromatic carbocycles. The molecule has 11 atom stereocenters. The molecular weight excluding hydrogens is 1140 g/mol. The largest absolute Gasteiger partial charge is 0.469 e. The number of nitrogens with zero attached hydrogens (tertiary/aromatic N) is 5. The van der Waals surface area contributed by atoms with Gasteiger partial charge in [-0.1, -0.05) is 92.1 Å². The highest BCUT2D eigenvalue weighted by Gasteiger charge is 2.44. The first-order valence-corrected chi connectivity index (χ1v) is 30.5. The third-order valence-electron chi connectivity index (χ3n) is 16.8. The number of benzene rings is 1. The molecule has 0 radical (unpaired) electrons. The fraction of sp³-hybridized carbons (Fsp3) is 0.694. The third-order valence-corrected chi connectivity index (χ3v) is 16.8. The second-order valence-electron chi connectivity index (χ2n) is 23.6. The summed E-state index contributed by atoms with van der Waals surface area (Å²) in [5.41, 5.74) is 0.720. The molecule has 492 valence electrons. The molecule has 9 amide bonds. The number of carbonyl (C=O) groups excluding carboxylic acids is 13. The fourth-order valence-corrected chi connectivity index (χ4v) is 11.0. The highest BCUT2D eigenvalue weighted by atomic mass is 16.5. The number of piperidine rings is 1. The molecule has 3 rings (SSSR count). The van der Waals surface area contributed by atoms with Crippen molar-refractivity contribution >= 4 is 77.0 Å². The van der Waals surface area contributed by atoms with Crippen molar-refractivity contribution in [3.05, 3.63) is 35.9 Å². The molecule has 0 aromatic heterocycles. The average molecular weight is 1240 g/mol. The lowest BCUT2D eigenvalue weighted by Gasteiger charge is -2.40. The van der Waals surface area contributed by atoms with E-state index in [9.17, 15) is 62.3 Å². The van der Waals surface area contributed by atoms with Crippen molar-refractivity contribution in [3.8, 4) is 0 Å². The minimum absolute atomic E-state index is 0.0592. The van der Waals surface area contributed by atoms with Crippen molar-refractivity contribution in [1.82, 2.24) is 45.8 Å². The molecule has 2 aliphatic rings. The van der Waals surface area contributed by atoms with E-state index < -0.39 is 156 Å². The minimum Gasteiger partial charge on any atom is -0.469 e. The molecule has 2 fully saturated rings. The molecule has 88 heavy (non-hydrogen) atoms. The topological polar surface area (TPSA) is 323 Å². The number of methoxy groups -OCH3 is 3. The smallest absolute Gasteiger partial charge is 0.328 e. The Balaban J connectivity index is 1.87. The lowest BCUT2D eigenvalue weighted by atomic mass is 9.93. The van der Waals surface area contributed by atoms with Crippen molar-refractivity contribution in [1.29, 1.82) is 0 Å². The van der Waals surface area contributed by atoms with Crippen LogP contribution in [-0.4, -0.2) is 218 Å². The van der Waals surface area contributed by atoms with E-state index in [1.807, 2.05) is 6.92 Å². The zero-order valence-electron chi connectivity index (χ0n) is 54.2. The molecule has 1 aromatic rings. The number of amides is 9. The lowest BCUT2D eigenvalue weighted by molar-refractivity contribution is -0.158. The Bertz CT molecular complexity index is 2600. The lowest BCUT2D eigenvalue weighted by Crippen LogP contribution is -2.63. The average Bonchev–Trinajstić information content (AvgIpc) is 1.69. The summed E-state index contributed by atoms with van der Waals surface area (Å²) in [4.78, 5) is 185. The number of ether oxygens (including phenoxy) is 4. The highest BCUT2D eigenvalue weighted by Crippen LogP contribution is 2.25. The van der Waals surface area contributed by atoms with E-state index in [2.05, 4.69) is 21.3 Å². The maximum atomic E-state index is 14.9. The summed E-state index contributed by atoms with van der Waals surface area (Å²) in [5.74, 6) is -10.8. The van der Waals surface area contributed by atoms with Crippen molar-refractivity contribution in [3.63, 3.8) is 0 Å². The summed E-state index contributed by atoms with van der Waals surface area (Å²) in [7, 11) is 7.56. The fourth-order valence-electron chi connectivity index (χ4n) is 11.0. The Morgan fingerprint density at radius 3 is 1.68 bits per heavy atom. The summed E-state index contributed by atoms with van der Waals surface area (Å²) in [6.07, 6.45) is 0.764. The predicted octanol–water partition coefficient (Wildman–Crippen LogP) is 2.07. The normalized spacial score (nSPS) is 17.9. The van der Waals surface area contributed by atoms with Crippen LogP contribution in [0.4, 0.5) is 0 Å². The van der Waals surface area contributed by atoms with Crippen LogP contribution in [0.25, 0.3) is 0 Å². The summed E-state index contributed by atoms with van der Waals surface area (Å²) < 4.78 is 19.9. The Kier molecular flexibility index (Phi) is 30.5. The second-order valence-corrected chi connectivity index (χ2v) is 23.6. The Morgan fingerprint density at radius 2 is 1.14 bits per heavy atom. The summed E-state index contributed by atoms with van der Waals surface area (Å²) >= 11 is 0. The van der Waals surface area contributed by atoms with E-state index in [-0.39, 0.29) is 64.0 Å². The monoisotopic (exact) mass is 1240 g/mol. The van der Waals surface area contributed by atoms with E-state index >= 15 is 0 Å². The number of likely N-dealkylation sites (tertiary alicyclic amines) is 2. The van der Waals surface area contributed by atoms with Gasteiger partial charge in [0.15, 0.2) is 6.10 Å². The first kappa shape index (κ1) is 74.6. The van der Waals surface area contributed by atoms with Gasteiger partial charge in [0.1, 0.15) is 48.3 Å².